The van der Waals surface area contributed by atoms with Gasteiger partial charge in [0.15, 0.2) is 0 Å². The summed E-state index contributed by atoms with van der Waals surface area (Å²) in [7, 11) is 0. The molecule has 1 aromatic carbocycles. The normalized spacial score (nSPS) is 12.0. The highest BCUT2D eigenvalue weighted by molar-refractivity contribution is 5.88. The SMILES string of the molecule is CC#CC=CCOc1ccc(CC(=O)NC(C(=O)NO)C(C)(C)N)cc1. The van der Waals surface area contributed by atoms with Crippen LogP contribution in [0.4, 0.5) is 0 Å². The Balaban J connectivity index is 2.60. The molecule has 5 N–H and O–H groups in total. The van der Waals surface area contributed by atoms with Crippen molar-refractivity contribution in [3.8, 4) is 17.6 Å². The number of amides is 2. The summed E-state index contributed by atoms with van der Waals surface area (Å²) >= 11 is 0. The third kappa shape index (κ3) is 7.38. The Bertz CT molecular complexity index is 694. The second-order valence-electron chi connectivity index (χ2n) is 6.23. The highest BCUT2D eigenvalue weighted by Gasteiger charge is 2.33. The number of hydroxylamine groups is 1. The van der Waals surface area contributed by atoms with E-state index in [1.807, 2.05) is 0 Å². The van der Waals surface area contributed by atoms with Crippen molar-refractivity contribution in [2.45, 2.75) is 38.8 Å². The van der Waals surface area contributed by atoms with E-state index in [0.717, 1.165) is 5.56 Å². The summed E-state index contributed by atoms with van der Waals surface area (Å²) in [5, 5.41) is 11.3. The number of benzene rings is 1. The van der Waals surface area contributed by atoms with Gasteiger partial charge in [-0.1, -0.05) is 18.1 Å². The maximum Gasteiger partial charge on any atom is 0.267 e. The fourth-order valence-electron chi connectivity index (χ4n) is 2.09. The molecular weight excluding hydrogens is 334 g/mol. The molecule has 0 aromatic heterocycles. The van der Waals surface area contributed by atoms with Crippen molar-refractivity contribution in [3.63, 3.8) is 0 Å². The van der Waals surface area contributed by atoms with E-state index in [2.05, 4.69) is 17.2 Å². The van der Waals surface area contributed by atoms with Crippen molar-refractivity contribution >= 4 is 11.8 Å². The van der Waals surface area contributed by atoms with Crippen molar-refractivity contribution in [1.29, 1.82) is 0 Å². The lowest BCUT2D eigenvalue weighted by atomic mass is 9.95. The predicted molar refractivity (Wildman–Crippen MR) is 98.4 cm³/mol. The van der Waals surface area contributed by atoms with Gasteiger partial charge in [0.2, 0.25) is 5.91 Å². The van der Waals surface area contributed by atoms with E-state index in [1.165, 1.54) is 5.48 Å². The van der Waals surface area contributed by atoms with E-state index in [1.54, 1.807) is 57.2 Å². The molecule has 0 heterocycles. The van der Waals surface area contributed by atoms with Crippen molar-refractivity contribution in [2.24, 2.45) is 5.73 Å². The topological polar surface area (TPSA) is 114 Å². The maximum absolute atomic E-state index is 12.2. The van der Waals surface area contributed by atoms with Gasteiger partial charge in [-0.2, -0.15) is 0 Å². The second kappa shape index (κ2) is 10.2. The predicted octanol–water partition coefficient (Wildman–Crippen LogP) is 0.915. The molecule has 0 aliphatic carbocycles. The van der Waals surface area contributed by atoms with Crippen molar-refractivity contribution < 1.29 is 19.5 Å². The molecule has 0 aliphatic rings. The number of allylic oxidation sites excluding steroid dienone is 1. The lowest BCUT2D eigenvalue weighted by Gasteiger charge is -2.29. The summed E-state index contributed by atoms with van der Waals surface area (Å²) < 4.78 is 5.52. The van der Waals surface area contributed by atoms with Gasteiger partial charge in [0.1, 0.15) is 18.4 Å². The zero-order valence-electron chi connectivity index (χ0n) is 15.2. The van der Waals surface area contributed by atoms with E-state index < -0.39 is 17.5 Å². The van der Waals surface area contributed by atoms with Crippen molar-refractivity contribution in [3.05, 3.63) is 42.0 Å². The van der Waals surface area contributed by atoms with E-state index in [0.29, 0.717) is 12.4 Å². The van der Waals surface area contributed by atoms with Gasteiger partial charge in [0.05, 0.1) is 6.42 Å². The van der Waals surface area contributed by atoms with Crippen LogP contribution in [0.2, 0.25) is 0 Å². The highest BCUT2D eigenvalue weighted by atomic mass is 16.5. The highest BCUT2D eigenvalue weighted by Crippen LogP contribution is 2.13. The third-order valence-electron chi connectivity index (χ3n) is 3.40. The van der Waals surface area contributed by atoms with Crippen LogP contribution in [0.5, 0.6) is 5.75 Å². The first-order chi connectivity index (χ1) is 12.3. The Kier molecular flexibility index (Phi) is 8.35. The molecule has 0 saturated carbocycles. The lowest BCUT2D eigenvalue weighted by Crippen LogP contribution is -2.61. The van der Waals surface area contributed by atoms with Gasteiger partial charge < -0.3 is 15.8 Å². The third-order valence-corrected chi connectivity index (χ3v) is 3.40. The number of ether oxygens (including phenoxy) is 1. The smallest absolute Gasteiger partial charge is 0.267 e. The number of nitrogens with one attached hydrogen (secondary N) is 2. The van der Waals surface area contributed by atoms with Crippen LogP contribution in [0.25, 0.3) is 0 Å². The number of carbonyl (C=O) groups is 2. The molecule has 0 saturated heterocycles. The molecule has 7 nitrogen and oxygen atoms in total. The van der Waals surface area contributed by atoms with Crippen molar-refractivity contribution in [2.75, 3.05) is 6.61 Å². The Morgan fingerprint density at radius 2 is 2.00 bits per heavy atom. The molecule has 1 unspecified atom stereocenters. The van der Waals surface area contributed by atoms with Gasteiger partial charge in [0, 0.05) is 5.54 Å². The van der Waals surface area contributed by atoms with E-state index in [9.17, 15) is 9.59 Å². The zero-order valence-corrected chi connectivity index (χ0v) is 15.2. The molecule has 0 aliphatic heterocycles. The minimum absolute atomic E-state index is 0.0670. The van der Waals surface area contributed by atoms with Crippen LogP contribution in [-0.2, 0) is 16.0 Å². The maximum atomic E-state index is 12.2. The van der Waals surface area contributed by atoms with Crippen LogP contribution in [0.15, 0.2) is 36.4 Å². The Morgan fingerprint density at radius 1 is 1.35 bits per heavy atom. The Labute approximate surface area is 153 Å². The van der Waals surface area contributed by atoms with Crippen LogP contribution in [0.1, 0.15) is 26.3 Å². The van der Waals surface area contributed by atoms with Gasteiger partial charge >= 0.3 is 0 Å². The quantitative estimate of drug-likeness (QED) is 0.313. The molecule has 0 bridgehead atoms. The first-order valence-electron chi connectivity index (χ1n) is 8.09. The van der Waals surface area contributed by atoms with Gasteiger partial charge in [0.25, 0.3) is 5.91 Å². The molecule has 1 aromatic rings. The second-order valence-corrected chi connectivity index (χ2v) is 6.23. The molecule has 140 valence electrons. The average Bonchev–Trinajstić information content (AvgIpc) is 2.59. The number of hydrogen-bond donors (Lipinski definition) is 4. The minimum atomic E-state index is -1.05. The van der Waals surface area contributed by atoms with Gasteiger partial charge in [-0.15, -0.1) is 5.92 Å². The monoisotopic (exact) mass is 359 g/mol. The summed E-state index contributed by atoms with van der Waals surface area (Å²) in [6.45, 7) is 5.32. The van der Waals surface area contributed by atoms with E-state index >= 15 is 0 Å². The summed E-state index contributed by atoms with van der Waals surface area (Å²) in [5.74, 6) is 5.06. The molecule has 0 spiro atoms. The summed E-state index contributed by atoms with van der Waals surface area (Å²) in [6.07, 6.45) is 3.59. The van der Waals surface area contributed by atoms with Crippen LogP contribution in [-0.4, -0.2) is 35.2 Å². The largest absolute Gasteiger partial charge is 0.490 e. The molecule has 26 heavy (non-hydrogen) atoms. The molecule has 1 atom stereocenters. The number of nitrogens with two attached hydrogens (primary N) is 1. The van der Waals surface area contributed by atoms with Crippen LogP contribution in [0.3, 0.4) is 0 Å². The van der Waals surface area contributed by atoms with Crippen LogP contribution < -0.4 is 21.3 Å². The summed E-state index contributed by atoms with van der Waals surface area (Å²) in [4.78, 5) is 23.8. The number of hydrogen-bond acceptors (Lipinski definition) is 5. The molecule has 7 heteroatoms. The standard InChI is InChI=1S/C19H25N3O4/c1-4-5-6-7-12-26-15-10-8-14(9-11-15)13-16(23)21-17(18(24)22-25)19(2,3)20/h6-11,17,25H,12-13,20H2,1-3H3,(H,21,23)(H,22,24). The number of carbonyl (C=O) groups excluding carboxylic acids is 2. The van der Waals surface area contributed by atoms with E-state index in [-0.39, 0.29) is 12.3 Å². The minimum Gasteiger partial charge on any atom is -0.490 e. The average molecular weight is 359 g/mol. The van der Waals surface area contributed by atoms with Gasteiger partial charge in [-0.25, -0.2) is 5.48 Å². The molecular formula is C19H25N3O4. The summed E-state index contributed by atoms with van der Waals surface area (Å²) in [5.41, 5.74) is 7.11. The lowest BCUT2D eigenvalue weighted by molar-refractivity contribution is -0.136. The first kappa shape index (κ1) is 21.2. The summed E-state index contributed by atoms with van der Waals surface area (Å²) in [6, 6.07) is 5.98. The fraction of sp³-hybridized carbons (Fsp3) is 0.368. The van der Waals surface area contributed by atoms with Crippen LogP contribution >= 0.6 is 0 Å². The van der Waals surface area contributed by atoms with E-state index in [4.69, 9.17) is 15.7 Å². The van der Waals surface area contributed by atoms with Gasteiger partial charge in [-0.05, 0) is 50.6 Å². The molecule has 2 amide bonds. The molecule has 0 radical (unpaired) electrons. The first-order valence-corrected chi connectivity index (χ1v) is 8.09. The Morgan fingerprint density at radius 3 is 2.54 bits per heavy atom. The van der Waals surface area contributed by atoms with Crippen molar-refractivity contribution in [1.82, 2.24) is 10.8 Å². The molecule has 1 rings (SSSR count). The van der Waals surface area contributed by atoms with Gasteiger partial charge in [-0.3, -0.25) is 14.8 Å². The van der Waals surface area contributed by atoms with Crippen LogP contribution in [0, 0.1) is 11.8 Å². The zero-order chi connectivity index (χ0) is 19.6. The number of rotatable bonds is 8. The fourth-order valence-corrected chi connectivity index (χ4v) is 2.09. The molecule has 0 fully saturated rings. The Hall–Kier alpha value is -2.82.